The van der Waals surface area contributed by atoms with Crippen LogP contribution in [0.25, 0.3) is 0 Å². The highest BCUT2D eigenvalue weighted by molar-refractivity contribution is 5.30. The van der Waals surface area contributed by atoms with Crippen LogP contribution < -0.4 is 0 Å². The van der Waals surface area contributed by atoms with Crippen molar-refractivity contribution in [3.8, 4) is 5.75 Å². The van der Waals surface area contributed by atoms with Gasteiger partial charge < -0.3 is 10.2 Å². The summed E-state index contributed by atoms with van der Waals surface area (Å²) in [6, 6.07) is 7.09. The van der Waals surface area contributed by atoms with Gasteiger partial charge in [-0.05, 0) is 23.1 Å². The molecule has 0 saturated carbocycles. The lowest BCUT2D eigenvalue weighted by Crippen LogP contribution is -2.21. The highest BCUT2D eigenvalue weighted by atomic mass is 16.3. The molecule has 1 rings (SSSR count). The van der Waals surface area contributed by atoms with Crippen LogP contribution in [0.2, 0.25) is 0 Å². The molecule has 0 aliphatic heterocycles. The van der Waals surface area contributed by atoms with Crippen molar-refractivity contribution in [2.24, 2.45) is 5.41 Å². The fourth-order valence-corrected chi connectivity index (χ4v) is 1.62. The van der Waals surface area contributed by atoms with E-state index in [9.17, 15) is 10.2 Å². The minimum atomic E-state index is 0.00252. The van der Waals surface area contributed by atoms with Crippen LogP contribution in [0, 0.1) is 5.41 Å². The number of rotatable bonds is 2. The van der Waals surface area contributed by atoms with E-state index in [1.807, 2.05) is 6.07 Å². The zero-order chi connectivity index (χ0) is 10.8. The van der Waals surface area contributed by atoms with Crippen molar-refractivity contribution in [1.82, 2.24) is 0 Å². The number of hydrogen-bond donors (Lipinski definition) is 2. The van der Waals surface area contributed by atoms with Crippen molar-refractivity contribution in [2.45, 2.75) is 26.7 Å². The van der Waals surface area contributed by atoms with Gasteiger partial charge in [-0.1, -0.05) is 32.9 Å². The van der Waals surface area contributed by atoms with Crippen LogP contribution in [0.15, 0.2) is 24.3 Å². The molecule has 0 saturated heterocycles. The molecule has 1 aromatic rings. The predicted octanol–water partition coefficient (Wildman–Crippen LogP) is 2.51. The molecule has 0 aromatic heterocycles. The molecule has 0 radical (unpaired) electrons. The molecule has 0 aliphatic rings. The maximum atomic E-state index is 9.34. The zero-order valence-electron chi connectivity index (χ0n) is 8.99. The van der Waals surface area contributed by atoms with Crippen molar-refractivity contribution in [3.05, 3.63) is 29.8 Å². The molecular weight excluding hydrogens is 176 g/mol. The fourth-order valence-electron chi connectivity index (χ4n) is 1.62. The molecule has 2 heteroatoms. The van der Waals surface area contributed by atoms with Crippen LogP contribution in [-0.2, 0) is 0 Å². The van der Waals surface area contributed by atoms with Gasteiger partial charge in [-0.2, -0.15) is 0 Å². The second-order valence-electron chi connectivity index (χ2n) is 4.70. The van der Waals surface area contributed by atoms with Gasteiger partial charge in [0.1, 0.15) is 5.75 Å². The standard InChI is InChI=1S/C12H18O2/c1-12(2,3)11(8-13)9-5-4-6-10(14)7-9/h4-7,11,13-14H,8H2,1-3H3. The van der Waals surface area contributed by atoms with Crippen LogP contribution >= 0.6 is 0 Å². The van der Waals surface area contributed by atoms with Crippen LogP contribution in [0.3, 0.4) is 0 Å². The number of aliphatic hydroxyl groups is 1. The summed E-state index contributed by atoms with van der Waals surface area (Å²) >= 11 is 0. The predicted molar refractivity (Wildman–Crippen MR) is 57.4 cm³/mol. The largest absolute Gasteiger partial charge is 0.508 e. The van der Waals surface area contributed by atoms with Gasteiger partial charge in [-0.25, -0.2) is 0 Å². The van der Waals surface area contributed by atoms with Crippen molar-refractivity contribution in [2.75, 3.05) is 6.61 Å². The third-order valence-electron chi connectivity index (χ3n) is 2.50. The van der Waals surface area contributed by atoms with Gasteiger partial charge in [0, 0.05) is 5.92 Å². The summed E-state index contributed by atoms with van der Waals surface area (Å²) in [5.74, 6) is 0.319. The Bertz CT molecular complexity index is 299. The molecule has 1 aromatic carbocycles. The molecule has 1 atom stereocenters. The van der Waals surface area contributed by atoms with Crippen LogP contribution in [0.5, 0.6) is 5.75 Å². The van der Waals surface area contributed by atoms with E-state index in [0.29, 0.717) is 0 Å². The monoisotopic (exact) mass is 194 g/mol. The average molecular weight is 194 g/mol. The summed E-state index contributed by atoms with van der Waals surface area (Å²) in [7, 11) is 0. The molecule has 14 heavy (non-hydrogen) atoms. The summed E-state index contributed by atoms with van der Waals surface area (Å²) in [4.78, 5) is 0. The lowest BCUT2D eigenvalue weighted by molar-refractivity contribution is 0.186. The van der Waals surface area contributed by atoms with Gasteiger partial charge in [-0.15, -0.1) is 0 Å². The van der Waals surface area contributed by atoms with E-state index in [1.165, 1.54) is 0 Å². The second-order valence-corrected chi connectivity index (χ2v) is 4.70. The Hall–Kier alpha value is -1.02. The van der Waals surface area contributed by atoms with Crippen LogP contribution in [0.1, 0.15) is 32.3 Å². The molecular formula is C12H18O2. The smallest absolute Gasteiger partial charge is 0.115 e. The Morgan fingerprint density at radius 3 is 2.36 bits per heavy atom. The summed E-state index contributed by atoms with van der Waals surface area (Å²) in [5.41, 5.74) is 0.989. The van der Waals surface area contributed by atoms with Gasteiger partial charge in [0.25, 0.3) is 0 Å². The van der Waals surface area contributed by atoms with E-state index in [2.05, 4.69) is 20.8 Å². The van der Waals surface area contributed by atoms with Crippen molar-refractivity contribution in [3.63, 3.8) is 0 Å². The molecule has 2 nitrogen and oxygen atoms in total. The molecule has 0 heterocycles. The number of benzene rings is 1. The van der Waals surface area contributed by atoms with Crippen LogP contribution in [0.4, 0.5) is 0 Å². The van der Waals surface area contributed by atoms with Gasteiger partial charge in [0.2, 0.25) is 0 Å². The number of phenols is 1. The van der Waals surface area contributed by atoms with E-state index in [0.717, 1.165) is 5.56 Å². The zero-order valence-corrected chi connectivity index (χ0v) is 8.99. The minimum Gasteiger partial charge on any atom is -0.508 e. The topological polar surface area (TPSA) is 40.5 Å². The van der Waals surface area contributed by atoms with E-state index in [-0.39, 0.29) is 23.7 Å². The molecule has 0 fully saturated rings. The summed E-state index contributed by atoms with van der Waals surface area (Å²) in [6.45, 7) is 6.35. The normalized spacial score (nSPS) is 14.0. The number of phenolic OH excluding ortho intramolecular Hbond substituents is 1. The molecule has 0 aliphatic carbocycles. The summed E-state index contributed by atoms with van der Waals surface area (Å²) in [6.07, 6.45) is 0. The van der Waals surface area contributed by atoms with Gasteiger partial charge in [0.05, 0.1) is 6.61 Å². The van der Waals surface area contributed by atoms with E-state index in [4.69, 9.17) is 0 Å². The molecule has 0 bridgehead atoms. The Balaban J connectivity index is 3.01. The molecule has 0 amide bonds. The van der Waals surface area contributed by atoms with Gasteiger partial charge >= 0.3 is 0 Å². The summed E-state index contributed by atoms with van der Waals surface area (Å²) < 4.78 is 0. The fraction of sp³-hybridized carbons (Fsp3) is 0.500. The highest BCUT2D eigenvalue weighted by Crippen LogP contribution is 2.35. The third kappa shape index (κ3) is 2.48. The first-order valence-electron chi connectivity index (χ1n) is 4.85. The summed E-state index contributed by atoms with van der Waals surface area (Å²) in [5, 5.41) is 18.7. The lowest BCUT2D eigenvalue weighted by Gasteiger charge is -2.29. The van der Waals surface area contributed by atoms with Crippen molar-refractivity contribution < 1.29 is 10.2 Å². The Morgan fingerprint density at radius 2 is 1.93 bits per heavy atom. The van der Waals surface area contributed by atoms with Gasteiger partial charge in [0.15, 0.2) is 0 Å². The number of aliphatic hydroxyl groups excluding tert-OH is 1. The second kappa shape index (κ2) is 4.01. The first-order valence-corrected chi connectivity index (χ1v) is 4.85. The Labute approximate surface area is 85.2 Å². The lowest BCUT2D eigenvalue weighted by atomic mass is 9.77. The van der Waals surface area contributed by atoms with E-state index < -0.39 is 0 Å². The average Bonchev–Trinajstić information content (AvgIpc) is 2.02. The first kappa shape index (κ1) is 11.1. The highest BCUT2D eigenvalue weighted by Gasteiger charge is 2.25. The molecule has 78 valence electrons. The maximum Gasteiger partial charge on any atom is 0.115 e. The number of hydrogen-bond acceptors (Lipinski definition) is 2. The third-order valence-corrected chi connectivity index (χ3v) is 2.50. The van der Waals surface area contributed by atoms with Crippen molar-refractivity contribution in [1.29, 1.82) is 0 Å². The minimum absolute atomic E-state index is 0.00252. The quantitative estimate of drug-likeness (QED) is 0.759. The SMILES string of the molecule is CC(C)(C)C(CO)c1cccc(O)c1. The van der Waals surface area contributed by atoms with Crippen LogP contribution in [-0.4, -0.2) is 16.8 Å². The van der Waals surface area contributed by atoms with E-state index in [1.54, 1.807) is 18.2 Å². The van der Waals surface area contributed by atoms with Crippen molar-refractivity contribution >= 4 is 0 Å². The molecule has 1 unspecified atom stereocenters. The van der Waals surface area contributed by atoms with E-state index >= 15 is 0 Å². The van der Waals surface area contributed by atoms with Gasteiger partial charge in [-0.3, -0.25) is 0 Å². The molecule has 0 spiro atoms. The Morgan fingerprint density at radius 1 is 1.29 bits per heavy atom. The number of aromatic hydroxyl groups is 1. The first-order chi connectivity index (χ1) is 6.45. The maximum absolute atomic E-state index is 9.34. The molecule has 2 N–H and O–H groups in total. The Kier molecular flexibility index (Phi) is 3.17.